The molecule has 0 aromatic carbocycles. The van der Waals surface area contributed by atoms with E-state index in [1.807, 2.05) is 34.2 Å². The standard InChI is InChI=1S/C6H5IN4O/c1-11-3-8-2-4(11)5-9-6(7)10-12-5/h2-3H,1H3. The molecule has 0 unspecified atom stereocenters. The molecule has 0 saturated carbocycles. The zero-order valence-corrected chi connectivity index (χ0v) is 8.39. The third kappa shape index (κ3) is 1.22. The van der Waals surface area contributed by atoms with Crippen LogP contribution in [-0.4, -0.2) is 19.7 Å². The highest BCUT2D eigenvalue weighted by atomic mass is 127. The summed E-state index contributed by atoms with van der Waals surface area (Å²) in [6.07, 6.45) is 3.37. The Morgan fingerprint density at radius 3 is 2.92 bits per heavy atom. The van der Waals surface area contributed by atoms with E-state index in [1.165, 1.54) is 0 Å². The fourth-order valence-electron chi connectivity index (χ4n) is 0.873. The molecule has 0 aliphatic carbocycles. The summed E-state index contributed by atoms with van der Waals surface area (Å²) in [5.41, 5.74) is 0.824. The Morgan fingerprint density at radius 1 is 1.58 bits per heavy atom. The van der Waals surface area contributed by atoms with E-state index in [0.29, 0.717) is 9.72 Å². The summed E-state index contributed by atoms with van der Waals surface area (Å²) in [4.78, 5) is 8.00. The third-order valence-corrected chi connectivity index (χ3v) is 1.88. The van der Waals surface area contributed by atoms with Crippen LogP contribution >= 0.6 is 22.6 Å². The van der Waals surface area contributed by atoms with E-state index in [-0.39, 0.29) is 0 Å². The van der Waals surface area contributed by atoms with Crippen molar-refractivity contribution < 1.29 is 4.52 Å². The van der Waals surface area contributed by atoms with Gasteiger partial charge >= 0.3 is 0 Å². The van der Waals surface area contributed by atoms with Gasteiger partial charge in [-0.05, 0) is 0 Å². The average molecular weight is 276 g/mol. The number of imidazole rings is 1. The molecular formula is C6H5IN4O. The third-order valence-electron chi connectivity index (χ3n) is 1.44. The van der Waals surface area contributed by atoms with Crippen LogP contribution in [0.15, 0.2) is 17.0 Å². The summed E-state index contributed by atoms with van der Waals surface area (Å²) in [6, 6.07) is 0. The van der Waals surface area contributed by atoms with Crippen LogP contribution in [0.2, 0.25) is 0 Å². The number of hydrogen-bond acceptors (Lipinski definition) is 4. The number of aromatic nitrogens is 4. The molecule has 2 aromatic rings. The molecule has 0 atom stereocenters. The second kappa shape index (κ2) is 2.85. The first kappa shape index (κ1) is 7.71. The number of nitrogens with zero attached hydrogens (tertiary/aromatic N) is 4. The zero-order valence-electron chi connectivity index (χ0n) is 6.23. The maximum Gasteiger partial charge on any atom is 0.276 e. The van der Waals surface area contributed by atoms with E-state index in [4.69, 9.17) is 4.52 Å². The number of aryl methyl sites for hydroxylation is 1. The van der Waals surface area contributed by atoms with Crippen molar-refractivity contribution in [2.75, 3.05) is 0 Å². The van der Waals surface area contributed by atoms with Gasteiger partial charge in [-0.3, -0.25) is 0 Å². The molecule has 0 fully saturated rings. The topological polar surface area (TPSA) is 56.7 Å². The first-order valence-corrected chi connectivity index (χ1v) is 4.31. The average Bonchev–Trinajstić information content (AvgIpc) is 2.58. The number of halogens is 1. The molecule has 0 saturated heterocycles. The lowest BCUT2D eigenvalue weighted by Crippen LogP contribution is -1.88. The second-order valence-corrected chi connectivity index (χ2v) is 3.22. The van der Waals surface area contributed by atoms with Crippen LogP contribution in [0.1, 0.15) is 0 Å². The van der Waals surface area contributed by atoms with Gasteiger partial charge in [0.15, 0.2) is 0 Å². The van der Waals surface area contributed by atoms with Gasteiger partial charge in [-0.2, -0.15) is 4.98 Å². The van der Waals surface area contributed by atoms with Gasteiger partial charge in [-0.25, -0.2) is 4.98 Å². The van der Waals surface area contributed by atoms with Gasteiger partial charge in [-0.15, -0.1) is 0 Å². The highest BCUT2D eigenvalue weighted by Gasteiger charge is 2.09. The van der Waals surface area contributed by atoms with Crippen molar-refractivity contribution in [1.29, 1.82) is 0 Å². The quantitative estimate of drug-likeness (QED) is 0.731. The molecule has 5 nitrogen and oxygen atoms in total. The smallest absolute Gasteiger partial charge is 0.276 e. The van der Waals surface area contributed by atoms with Crippen molar-refractivity contribution in [2.24, 2.45) is 7.05 Å². The van der Waals surface area contributed by atoms with Crippen molar-refractivity contribution in [3.05, 3.63) is 16.4 Å². The lowest BCUT2D eigenvalue weighted by Gasteiger charge is -1.92. The summed E-state index contributed by atoms with van der Waals surface area (Å²) in [6.45, 7) is 0. The minimum absolute atomic E-state index is 0.499. The van der Waals surface area contributed by atoms with E-state index >= 15 is 0 Å². The molecule has 6 heteroatoms. The van der Waals surface area contributed by atoms with E-state index in [1.54, 1.807) is 12.5 Å². The summed E-state index contributed by atoms with van der Waals surface area (Å²) in [5.74, 6) is 0.499. The van der Waals surface area contributed by atoms with Gasteiger partial charge in [0.05, 0.1) is 12.5 Å². The summed E-state index contributed by atoms with van der Waals surface area (Å²) >= 11 is 1.99. The fourth-order valence-corrected chi connectivity index (χ4v) is 1.19. The normalized spacial score (nSPS) is 10.5. The molecule has 12 heavy (non-hydrogen) atoms. The highest BCUT2D eigenvalue weighted by Crippen LogP contribution is 2.15. The molecule has 62 valence electrons. The summed E-state index contributed by atoms with van der Waals surface area (Å²) in [5, 5.41) is 3.67. The molecule has 2 rings (SSSR count). The van der Waals surface area contributed by atoms with Crippen molar-refractivity contribution in [2.45, 2.75) is 0 Å². The van der Waals surface area contributed by atoms with Crippen LogP contribution in [0.3, 0.4) is 0 Å². The molecule has 0 bridgehead atoms. The molecule has 0 aliphatic heterocycles. The maximum absolute atomic E-state index is 4.96. The minimum Gasteiger partial charge on any atom is -0.331 e. The zero-order chi connectivity index (χ0) is 8.55. The molecule has 2 aromatic heterocycles. The molecule has 0 spiro atoms. The molecule has 0 radical (unpaired) electrons. The lowest BCUT2D eigenvalue weighted by molar-refractivity contribution is 0.423. The van der Waals surface area contributed by atoms with Gasteiger partial charge in [0.2, 0.25) is 3.83 Å². The molecular weight excluding hydrogens is 271 g/mol. The van der Waals surface area contributed by atoms with E-state index in [0.717, 1.165) is 5.69 Å². The lowest BCUT2D eigenvalue weighted by atomic mass is 10.5. The van der Waals surface area contributed by atoms with E-state index < -0.39 is 0 Å². The first-order valence-electron chi connectivity index (χ1n) is 3.23. The van der Waals surface area contributed by atoms with Crippen LogP contribution in [0.5, 0.6) is 0 Å². The fraction of sp³-hybridized carbons (Fsp3) is 0.167. The monoisotopic (exact) mass is 276 g/mol. The SMILES string of the molecule is Cn1cncc1-c1nc(I)no1. The van der Waals surface area contributed by atoms with Crippen LogP contribution in [0.4, 0.5) is 0 Å². The Morgan fingerprint density at radius 2 is 2.42 bits per heavy atom. The predicted octanol–water partition coefficient (Wildman–Crippen LogP) is 1.07. The number of hydrogen-bond donors (Lipinski definition) is 0. The Bertz CT molecular complexity index is 394. The van der Waals surface area contributed by atoms with Gasteiger partial charge < -0.3 is 9.09 Å². The van der Waals surface area contributed by atoms with E-state index in [9.17, 15) is 0 Å². The Hall–Kier alpha value is -0.920. The summed E-state index contributed by atoms with van der Waals surface area (Å²) < 4.78 is 7.38. The largest absolute Gasteiger partial charge is 0.331 e. The maximum atomic E-state index is 4.96. The van der Waals surface area contributed by atoms with Gasteiger partial charge in [0.25, 0.3) is 5.89 Å². The Kier molecular flexibility index (Phi) is 1.83. The van der Waals surface area contributed by atoms with E-state index in [2.05, 4.69) is 15.1 Å². The molecule has 0 amide bonds. The van der Waals surface area contributed by atoms with Gasteiger partial charge in [0, 0.05) is 29.6 Å². The van der Waals surface area contributed by atoms with Crippen LogP contribution in [-0.2, 0) is 7.05 Å². The van der Waals surface area contributed by atoms with Gasteiger partial charge in [0.1, 0.15) is 5.69 Å². The van der Waals surface area contributed by atoms with Crippen LogP contribution in [0.25, 0.3) is 11.6 Å². The Balaban J connectivity index is 2.50. The molecule has 0 N–H and O–H groups in total. The molecule has 0 aliphatic rings. The second-order valence-electron chi connectivity index (χ2n) is 2.26. The van der Waals surface area contributed by atoms with Crippen molar-refractivity contribution in [3.63, 3.8) is 0 Å². The molecule has 2 heterocycles. The predicted molar refractivity (Wildman–Crippen MR) is 49.2 cm³/mol. The Labute approximate surface area is 81.9 Å². The van der Waals surface area contributed by atoms with Crippen LogP contribution < -0.4 is 0 Å². The van der Waals surface area contributed by atoms with Crippen LogP contribution in [0, 0.1) is 3.83 Å². The van der Waals surface area contributed by atoms with Crippen molar-refractivity contribution >= 4 is 22.6 Å². The first-order chi connectivity index (χ1) is 5.77. The van der Waals surface area contributed by atoms with Crippen molar-refractivity contribution in [1.82, 2.24) is 19.7 Å². The minimum atomic E-state index is 0.499. The highest BCUT2D eigenvalue weighted by molar-refractivity contribution is 14.1. The number of rotatable bonds is 1. The van der Waals surface area contributed by atoms with Crippen molar-refractivity contribution in [3.8, 4) is 11.6 Å². The summed E-state index contributed by atoms with van der Waals surface area (Å²) in [7, 11) is 1.87. The van der Waals surface area contributed by atoms with Gasteiger partial charge in [-0.1, -0.05) is 5.16 Å².